The molecule has 0 radical (unpaired) electrons. The van der Waals surface area contributed by atoms with Crippen LogP contribution in [0, 0.1) is 0 Å². The van der Waals surface area contributed by atoms with E-state index < -0.39 is 9.84 Å². The molecular formula is C15H17N3O3S. The van der Waals surface area contributed by atoms with Gasteiger partial charge in [0.2, 0.25) is 0 Å². The van der Waals surface area contributed by atoms with Gasteiger partial charge in [-0.2, -0.15) is 0 Å². The second kappa shape index (κ2) is 5.92. The minimum absolute atomic E-state index is 0.0760. The Labute approximate surface area is 129 Å². The van der Waals surface area contributed by atoms with Crippen LogP contribution in [0.15, 0.2) is 43.0 Å². The first-order chi connectivity index (χ1) is 10.5. The molecule has 1 aliphatic heterocycles. The fourth-order valence-electron chi connectivity index (χ4n) is 2.52. The van der Waals surface area contributed by atoms with Crippen LogP contribution >= 0.6 is 0 Å². The molecule has 2 aromatic rings. The van der Waals surface area contributed by atoms with Crippen molar-refractivity contribution in [2.24, 2.45) is 0 Å². The number of nitrogens with zero attached hydrogens (tertiary/aromatic N) is 2. The average Bonchev–Trinajstić information content (AvgIpc) is 3.04. The summed E-state index contributed by atoms with van der Waals surface area (Å²) in [6, 6.07) is 7.17. The zero-order valence-electron chi connectivity index (χ0n) is 12.0. The number of imidazole rings is 1. The van der Waals surface area contributed by atoms with Gasteiger partial charge >= 0.3 is 0 Å². The van der Waals surface area contributed by atoms with Gasteiger partial charge in [0.15, 0.2) is 0 Å². The highest BCUT2D eigenvalue weighted by atomic mass is 32.2. The van der Waals surface area contributed by atoms with E-state index in [0.717, 1.165) is 5.69 Å². The second-order valence-electron chi connectivity index (χ2n) is 5.42. The van der Waals surface area contributed by atoms with Crippen molar-refractivity contribution < 1.29 is 13.2 Å². The molecule has 1 aromatic heterocycles. The number of hydrogen-bond acceptors (Lipinski definition) is 4. The Hall–Kier alpha value is -2.15. The van der Waals surface area contributed by atoms with Gasteiger partial charge in [-0.1, -0.05) is 6.07 Å². The summed E-state index contributed by atoms with van der Waals surface area (Å²) in [6.07, 6.45) is 6.12. The first-order valence-corrected chi connectivity index (χ1v) is 8.95. The highest BCUT2D eigenvalue weighted by molar-refractivity contribution is 7.91. The van der Waals surface area contributed by atoms with E-state index in [1.54, 1.807) is 24.7 Å². The van der Waals surface area contributed by atoms with Crippen molar-refractivity contribution in [3.63, 3.8) is 0 Å². The molecule has 0 saturated carbocycles. The van der Waals surface area contributed by atoms with E-state index in [2.05, 4.69) is 10.3 Å². The van der Waals surface area contributed by atoms with E-state index in [4.69, 9.17) is 0 Å². The van der Waals surface area contributed by atoms with Crippen molar-refractivity contribution in [3.05, 3.63) is 48.5 Å². The Morgan fingerprint density at radius 2 is 2.05 bits per heavy atom. The number of carbonyl (C=O) groups is 1. The second-order valence-corrected chi connectivity index (χ2v) is 7.72. The van der Waals surface area contributed by atoms with E-state index >= 15 is 0 Å². The van der Waals surface area contributed by atoms with E-state index in [1.165, 1.54) is 0 Å². The maximum atomic E-state index is 12.3. The lowest BCUT2D eigenvalue weighted by Gasteiger charge is -2.23. The van der Waals surface area contributed by atoms with E-state index in [9.17, 15) is 13.2 Å². The van der Waals surface area contributed by atoms with Gasteiger partial charge in [-0.3, -0.25) is 4.79 Å². The lowest BCUT2D eigenvalue weighted by Crippen LogP contribution is -2.40. The highest BCUT2D eigenvalue weighted by Gasteiger charge is 2.24. The van der Waals surface area contributed by atoms with Gasteiger partial charge in [0.25, 0.3) is 5.91 Å². The zero-order chi connectivity index (χ0) is 15.6. The average molecular weight is 319 g/mol. The fourth-order valence-corrected chi connectivity index (χ4v) is 4.01. The van der Waals surface area contributed by atoms with Crippen LogP contribution in [0.3, 0.4) is 0 Å². The standard InChI is InChI=1S/C15H17N3O3S/c19-15(17-13-4-8-22(20,21)9-5-13)12-2-1-3-14(10-12)18-7-6-16-11-18/h1-3,6-7,10-11,13H,4-5,8-9H2,(H,17,19). The Bertz CT molecular complexity index is 755. The number of rotatable bonds is 3. The molecule has 7 heteroatoms. The number of aromatic nitrogens is 2. The molecule has 1 N–H and O–H groups in total. The molecule has 0 atom stereocenters. The topological polar surface area (TPSA) is 81.1 Å². The van der Waals surface area contributed by atoms with Gasteiger partial charge in [-0.25, -0.2) is 13.4 Å². The van der Waals surface area contributed by atoms with Crippen LogP contribution in [0.2, 0.25) is 0 Å². The molecule has 1 aromatic carbocycles. The minimum atomic E-state index is -2.91. The lowest BCUT2D eigenvalue weighted by atomic mass is 10.1. The molecule has 6 nitrogen and oxygen atoms in total. The van der Waals surface area contributed by atoms with Gasteiger partial charge in [0.1, 0.15) is 9.84 Å². The van der Waals surface area contributed by atoms with Crippen molar-refractivity contribution in [1.82, 2.24) is 14.9 Å². The summed E-state index contributed by atoms with van der Waals surface area (Å²) in [5.74, 6) is 0.117. The van der Waals surface area contributed by atoms with Crippen LogP contribution in [0.5, 0.6) is 0 Å². The van der Waals surface area contributed by atoms with Crippen molar-refractivity contribution in [2.75, 3.05) is 11.5 Å². The molecule has 3 rings (SSSR count). The maximum absolute atomic E-state index is 12.3. The first-order valence-electron chi connectivity index (χ1n) is 7.13. The fraction of sp³-hybridized carbons (Fsp3) is 0.333. The van der Waals surface area contributed by atoms with Crippen LogP contribution in [0.4, 0.5) is 0 Å². The van der Waals surface area contributed by atoms with Gasteiger partial charge in [0.05, 0.1) is 17.8 Å². The number of benzene rings is 1. The smallest absolute Gasteiger partial charge is 0.251 e. The Balaban J connectivity index is 1.69. The molecule has 1 saturated heterocycles. The summed E-state index contributed by atoms with van der Waals surface area (Å²) < 4.78 is 24.6. The Morgan fingerprint density at radius 3 is 2.73 bits per heavy atom. The van der Waals surface area contributed by atoms with Gasteiger partial charge in [-0.05, 0) is 31.0 Å². The lowest BCUT2D eigenvalue weighted by molar-refractivity contribution is 0.0934. The maximum Gasteiger partial charge on any atom is 0.251 e. The minimum Gasteiger partial charge on any atom is -0.349 e. The molecule has 0 unspecified atom stereocenters. The normalized spacial score (nSPS) is 18.0. The van der Waals surface area contributed by atoms with Crippen LogP contribution in [-0.2, 0) is 9.84 Å². The van der Waals surface area contributed by atoms with Crippen LogP contribution in [-0.4, -0.2) is 41.4 Å². The molecule has 0 spiro atoms. The number of amides is 1. The molecule has 2 heterocycles. The summed E-state index contributed by atoms with van der Waals surface area (Å²) in [5, 5.41) is 2.92. The summed E-state index contributed by atoms with van der Waals surface area (Å²) >= 11 is 0. The molecule has 22 heavy (non-hydrogen) atoms. The van der Waals surface area contributed by atoms with Crippen LogP contribution in [0.25, 0.3) is 5.69 Å². The van der Waals surface area contributed by atoms with Crippen molar-refractivity contribution in [2.45, 2.75) is 18.9 Å². The van der Waals surface area contributed by atoms with E-state index in [-0.39, 0.29) is 23.5 Å². The van der Waals surface area contributed by atoms with Gasteiger partial charge in [-0.15, -0.1) is 0 Å². The van der Waals surface area contributed by atoms with Crippen molar-refractivity contribution >= 4 is 15.7 Å². The molecule has 116 valence electrons. The largest absolute Gasteiger partial charge is 0.349 e. The van der Waals surface area contributed by atoms with E-state index in [1.807, 2.05) is 22.9 Å². The zero-order valence-corrected chi connectivity index (χ0v) is 12.8. The van der Waals surface area contributed by atoms with Crippen LogP contribution < -0.4 is 5.32 Å². The third kappa shape index (κ3) is 3.36. The molecule has 1 aliphatic rings. The Kier molecular flexibility index (Phi) is 3.98. The predicted octanol–water partition coefficient (Wildman–Crippen LogP) is 1.18. The third-order valence-electron chi connectivity index (χ3n) is 3.80. The molecule has 1 fully saturated rings. The van der Waals surface area contributed by atoms with Crippen molar-refractivity contribution in [1.29, 1.82) is 0 Å². The summed E-state index contributed by atoms with van der Waals surface area (Å²) in [7, 11) is -2.91. The molecule has 1 amide bonds. The predicted molar refractivity (Wildman–Crippen MR) is 82.7 cm³/mol. The number of sulfone groups is 1. The summed E-state index contributed by atoms with van der Waals surface area (Å²) in [5.41, 5.74) is 1.41. The third-order valence-corrected chi connectivity index (χ3v) is 5.52. The van der Waals surface area contributed by atoms with Gasteiger partial charge in [0, 0.05) is 29.7 Å². The number of hydrogen-bond donors (Lipinski definition) is 1. The van der Waals surface area contributed by atoms with Gasteiger partial charge < -0.3 is 9.88 Å². The molecule has 0 aliphatic carbocycles. The van der Waals surface area contributed by atoms with Crippen LogP contribution in [0.1, 0.15) is 23.2 Å². The Morgan fingerprint density at radius 1 is 1.27 bits per heavy atom. The summed E-state index contributed by atoms with van der Waals surface area (Å²) in [6.45, 7) is 0. The SMILES string of the molecule is O=C(NC1CCS(=O)(=O)CC1)c1cccc(-n2ccnc2)c1. The number of carbonyl (C=O) groups excluding carboxylic acids is 1. The van der Waals surface area contributed by atoms with Crippen molar-refractivity contribution in [3.8, 4) is 5.69 Å². The highest BCUT2D eigenvalue weighted by Crippen LogP contribution is 2.14. The monoisotopic (exact) mass is 319 g/mol. The summed E-state index contributed by atoms with van der Waals surface area (Å²) in [4.78, 5) is 16.3. The number of nitrogens with one attached hydrogen (secondary N) is 1. The van der Waals surface area contributed by atoms with E-state index in [0.29, 0.717) is 18.4 Å². The quantitative estimate of drug-likeness (QED) is 0.921. The molecular weight excluding hydrogens is 302 g/mol. The first kappa shape index (κ1) is 14.8. The molecule has 0 bridgehead atoms.